The number of nitrogens with one attached hydrogen (secondary N) is 1. The number of hydrogen-bond donors (Lipinski definition) is 2. The Kier molecular flexibility index (Phi) is 3.62. The zero-order valence-corrected chi connectivity index (χ0v) is 11.2. The minimum absolute atomic E-state index is 0.124. The van der Waals surface area contributed by atoms with Crippen LogP contribution in [0.5, 0.6) is 0 Å². The van der Waals surface area contributed by atoms with Crippen molar-refractivity contribution in [2.75, 3.05) is 11.9 Å². The summed E-state index contributed by atoms with van der Waals surface area (Å²) >= 11 is 0. The summed E-state index contributed by atoms with van der Waals surface area (Å²) in [7, 11) is 0. The van der Waals surface area contributed by atoms with Gasteiger partial charge in [-0.05, 0) is 34.6 Å². The van der Waals surface area contributed by atoms with Crippen molar-refractivity contribution in [2.24, 2.45) is 5.73 Å². The average Bonchev–Trinajstić information content (AvgIpc) is 2.19. The molecular formula is C12H22N4O. The number of anilines is 1. The normalized spacial score (nSPS) is 12.6. The van der Waals surface area contributed by atoms with E-state index in [1.54, 1.807) is 17.0 Å². The van der Waals surface area contributed by atoms with Crippen molar-refractivity contribution in [3.05, 3.63) is 22.7 Å². The third kappa shape index (κ3) is 3.30. The van der Waals surface area contributed by atoms with E-state index in [0.717, 1.165) is 0 Å². The molecule has 0 spiro atoms. The summed E-state index contributed by atoms with van der Waals surface area (Å²) in [6, 6.07) is 0. The maximum absolute atomic E-state index is 12.2. The second kappa shape index (κ2) is 4.49. The van der Waals surface area contributed by atoms with Crippen LogP contribution in [-0.2, 0) is 5.54 Å². The van der Waals surface area contributed by atoms with E-state index >= 15 is 0 Å². The van der Waals surface area contributed by atoms with Crippen molar-refractivity contribution in [1.29, 1.82) is 0 Å². The van der Waals surface area contributed by atoms with Crippen LogP contribution in [0.3, 0.4) is 0 Å². The van der Waals surface area contributed by atoms with Crippen LogP contribution < -0.4 is 16.6 Å². The van der Waals surface area contributed by atoms with Crippen LogP contribution in [-0.4, -0.2) is 21.6 Å². The van der Waals surface area contributed by atoms with Crippen molar-refractivity contribution in [3.63, 3.8) is 0 Å². The Morgan fingerprint density at radius 2 is 1.94 bits per heavy atom. The molecule has 0 aliphatic carbocycles. The van der Waals surface area contributed by atoms with E-state index in [-0.39, 0.29) is 16.6 Å². The van der Waals surface area contributed by atoms with E-state index in [1.807, 2.05) is 34.6 Å². The standard InChI is InChI=1S/C12H22N4O/c1-11(2,3)16-7-6-14-9(10(16)17)15-12(4,5)8-13/h6-7H,8,13H2,1-5H3,(H,14,15). The summed E-state index contributed by atoms with van der Waals surface area (Å²) in [5.41, 5.74) is 4.90. The van der Waals surface area contributed by atoms with Crippen molar-refractivity contribution in [2.45, 2.75) is 45.7 Å². The van der Waals surface area contributed by atoms with E-state index in [1.165, 1.54) is 0 Å². The SMILES string of the molecule is CC(C)(CN)Nc1nccn(C(C)(C)C)c1=O. The zero-order chi connectivity index (χ0) is 13.3. The van der Waals surface area contributed by atoms with Crippen molar-refractivity contribution < 1.29 is 0 Å². The second-order valence-corrected chi connectivity index (χ2v) is 5.83. The van der Waals surface area contributed by atoms with Crippen LogP contribution in [0.25, 0.3) is 0 Å². The van der Waals surface area contributed by atoms with Crippen LogP contribution in [0, 0.1) is 0 Å². The lowest BCUT2D eigenvalue weighted by Gasteiger charge is -2.27. The molecule has 96 valence electrons. The molecule has 0 radical (unpaired) electrons. The highest BCUT2D eigenvalue weighted by atomic mass is 16.1. The first-order valence-corrected chi connectivity index (χ1v) is 5.74. The average molecular weight is 238 g/mol. The maximum Gasteiger partial charge on any atom is 0.293 e. The molecule has 0 bridgehead atoms. The lowest BCUT2D eigenvalue weighted by Crippen LogP contribution is -2.43. The van der Waals surface area contributed by atoms with E-state index in [2.05, 4.69) is 10.3 Å². The Morgan fingerprint density at radius 3 is 2.41 bits per heavy atom. The number of aromatic nitrogens is 2. The molecule has 1 aromatic heterocycles. The third-order valence-electron chi connectivity index (χ3n) is 2.53. The smallest absolute Gasteiger partial charge is 0.293 e. The molecule has 0 amide bonds. The van der Waals surface area contributed by atoms with Gasteiger partial charge in [0.05, 0.1) is 0 Å². The van der Waals surface area contributed by atoms with Gasteiger partial charge < -0.3 is 15.6 Å². The van der Waals surface area contributed by atoms with Crippen LogP contribution in [0.1, 0.15) is 34.6 Å². The number of nitrogens with zero attached hydrogens (tertiary/aromatic N) is 2. The molecule has 0 aliphatic rings. The first-order valence-electron chi connectivity index (χ1n) is 5.74. The van der Waals surface area contributed by atoms with Crippen molar-refractivity contribution >= 4 is 5.82 Å². The molecule has 3 N–H and O–H groups in total. The molecule has 1 heterocycles. The first kappa shape index (κ1) is 13.7. The van der Waals surface area contributed by atoms with Crippen LogP contribution in [0.15, 0.2) is 17.2 Å². The van der Waals surface area contributed by atoms with E-state index in [9.17, 15) is 4.79 Å². The fourth-order valence-electron chi connectivity index (χ4n) is 1.40. The molecule has 0 saturated carbocycles. The number of nitrogens with two attached hydrogens (primary N) is 1. The van der Waals surface area contributed by atoms with Gasteiger partial charge in [0.15, 0.2) is 5.82 Å². The molecule has 0 aromatic carbocycles. The van der Waals surface area contributed by atoms with E-state index in [4.69, 9.17) is 5.73 Å². The third-order valence-corrected chi connectivity index (χ3v) is 2.53. The van der Waals surface area contributed by atoms with Gasteiger partial charge in [0.2, 0.25) is 0 Å². The molecule has 1 rings (SSSR count). The van der Waals surface area contributed by atoms with Gasteiger partial charge in [-0.25, -0.2) is 4.98 Å². The molecule has 5 nitrogen and oxygen atoms in total. The molecule has 0 unspecified atom stereocenters. The molecule has 0 saturated heterocycles. The van der Waals surface area contributed by atoms with Crippen LogP contribution in [0.4, 0.5) is 5.82 Å². The van der Waals surface area contributed by atoms with Crippen LogP contribution in [0.2, 0.25) is 0 Å². The summed E-state index contributed by atoms with van der Waals surface area (Å²) < 4.78 is 1.66. The van der Waals surface area contributed by atoms with E-state index in [0.29, 0.717) is 12.4 Å². The Labute approximate surface area is 102 Å². The van der Waals surface area contributed by atoms with Gasteiger partial charge in [-0.2, -0.15) is 0 Å². The number of hydrogen-bond acceptors (Lipinski definition) is 4. The molecule has 0 aliphatic heterocycles. The highest BCUT2D eigenvalue weighted by Gasteiger charge is 2.21. The summed E-state index contributed by atoms with van der Waals surface area (Å²) in [6.07, 6.45) is 3.32. The van der Waals surface area contributed by atoms with Gasteiger partial charge >= 0.3 is 0 Å². The quantitative estimate of drug-likeness (QED) is 0.828. The zero-order valence-electron chi connectivity index (χ0n) is 11.2. The van der Waals surface area contributed by atoms with Crippen LogP contribution >= 0.6 is 0 Å². The lowest BCUT2D eigenvalue weighted by atomic mass is 10.1. The summed E-state index contributed by atoms with van der Waals surface area (Å²) in [6.45, 7) is 10.2. The Morgan fingerprint density at radius 1 is 1.35 bits per heavy atom. The second-order valence-electron chi connectivity index (χ2n) is 5.83. The lowest BCUT2D eigenvalue weighted by molar-refractivity contribution is 0.382. The monoisotopic (exact) mass is 238 g/mol. The van der Waals surface area contributed by atoms with Gasteiger partial charge in [-0.3, -0.25) is 4.79 Å². The Bertz CT molecular complexity index is 443. The van der Waals surface area contributed by atoms with E-state index < -0.39 is 0 Å². The van der Waals surface area contributed by atoms with Gasteiger partial charge in [0, 0.05) is 30.0 Å². The molecule has 17 heavy (non-hydrogen) atoms. The Hall–Kier alpha value is -1.36. The molecule has 0 fully saturated rings. The maximum atomic E-state index is 12.2. The first-order chi connectivity index (χ1) is 7.67. The summed E-state index contributed by atoms with van der Waals surface area (Å²) in [5, 5.41) is 3.08. The molecule has 5 heteroatoms. The van der Waals surface area contributed by atoms with Gasteiger partial charge in [0.1, 0.15) is 0 Å². The van der Waals surface area contributed by atoms with Gasteiger partial charge in [-0.15, -0.1) is 0 Å². The van der Waals surface area contributed by atoms with Gasteiger partial charge in [-0.1, -0.05) is 0 Å². The molecule has 1 aromatic rings. The number of rotatable bonds is 3. The van der Waals surface area contributed by atoms with Crippen molar-refractivity contribution in [3.8, 4) is 0 Å². The minimum atomic E-state index is -0.344. The highest BCUT2D eigenvalue weighted by molar-refractivity contribution is 5.34. The van der Waals surface area contributed by atoms with Crippen molar-refractivity contribution in [1.82, 2.24) is 9.55 Å². The predicted octanol–water partition coefficient (Wildman–Crippen LogP) is 1.15. The highest BCUT2D eigenvalue weighted by Crippen LogP contribution is 2.12. The molecular weight excluding hydrogens is 216 g/mol. The largest absolute Gasteiger partial charge is 0.359 e. The fraction of sp³-hybridized carbons (Fsp3) is 0.667. The molecule has 0 atom stereocenters. The minimum Gasteiger partial charge on any atom is -0.359 e. The van der Waals surface area contributed by atoms with Gasteiger partial charge in [0.25, 0.3) is 5.56 Å². The predicted molar refractivity (Wildman–Crippen MR) is 70.2 cm³/mol. The Balaban J connectivity index is 3.17. The topological polar surface area (TPSA) is 72.9 Å². The fourth-order valence-corrected chi connectivity index (χ4v) is 1.40. The summed E-state index contributed by atoms with van der Waals surface area (Å²) in [5.74, 6) is 0.345. The summed E-state index contributed by atoms with van der Waals surface area (Å²) in [4.78, 5) is 16.3.